The largest absolute Gasteiger partial charge is 0.398 e. The first-order valence-electron chi connectivity index (χ1n) is 4.59. The van der Waals surface area contributed by atoms with Crippen molar-refractivity contribution >= 4 is 37.5 Å². The van der Waals surface area contributed by atoms with Crippen LogP contribution in [-0.4, -0.2) is 31.8 Å². The average Bonchev–Trinajstić information content (AvgIpc) is 2.16. The number of nitrogens with two attached hydrogens (primary N) is 1. The maximum Gasteiger partial charge on any atom is 0.296 e. The number of amides is 1. The van der Waals surface area contributed by atoms with E-state index in [4.69, 9.17) is 14.8 Å². The molecule has 0 fully saturated rings. The Morgan fingerprint density at radius 1 is 1.11 bits per heavy atom. The summed E-state index contributed by atoms with van der Waals surface area (Å²) in [6, 6.07) is 1.25. The summed E-state index contributed by atoms with van der Waals surface area (Å²) in [4.78, 5) is 9.33. The van der Waals surface area contributed by atoms with E-state index in [9.17, 15) is 21.6 Å². The SMILES string of the molecule is CC(=O)Nc1cc(S(=O)(=O)O)c(N)cc1S(=O)(=O)O. The van der Waals surface area contributed by atoms with Crippen LogP contribution in [0.4, 0.5) is 11.4 Å². The fraction of sp³-hybridized carbons (Fsp3) is 0.125. The first-order chi connectivity index (χ1) is 8.43. The predicted molar refractivity (Wildman–Crippen MR) is 64.8 cm³/mol. The van der Waals surface area contributed by atoms with Crippen LogP contribution in [0.1, 0.15) is 6.92 Å². The molecule has 5 N–H and O–H groups in total. The van der Waals surface area contributed by atoms with Gasteiger partial charge >= 0.3 is 0 Å². The molecule has 0 atom stereocenters. The molecule has 106 valence electrons. The van der Waals surface area contributed by atoms with E-state index in [1.165, 1.54) is 0 Å². The van der Waals surface area contributed by atoms with Crippen molar-refractivity contribution in [2.24, 2.45) is 0 Å². The zero-order chi connectivity index (χ0) is 15.0. The van der Waals surface area contributed by atoms with Gasteiger partial charge in [0.15, 0.2) is 0 Å². The van der Waals surface area contributed by atoms with E-state index < -0.39 is 47.3 Å². The fourth-order valence-corrected chi connectivity index (χ4v) is 2.59. The van der Waals surface area contributed by atoms with E-state index in [-0.39, 0.29) is 0 Å². The van der Waals surface area contributed by atoms with E-state index in [1.807, 2.05) is 5.32 Å². The van der Waals surface area contributed by atoms with Crippen LogP contribution in [0.25, 0.3) is 0 Å². The van der Waals surface area contributed by atoms with Crippen molar-refractivity contribution in [2.75, 3.05) is 11.1 Å². The summed E-state index contributed by atoms with van der Waals surface area (Å²) in [6.07, 6.45) is 0. The Labute approximate surface area is 108 Å². The van der Waals surface area contributed by atoms with Gasteiger partial charge in [-0.05, 0) is 12.1 Å². The number of hydrogen-bond donors (Lipinski definition) is 4. The number of hydrogen-bond acceptors (Lipinski definition) is 6. The van der Waals surface area contributed by atoms with Crippen molar-refractivity contribution < 1.29 is 30.7 Å². The summed E-state index contributed by atoms with van der Waals surface area (Å²) >= 11 is 0. The molecular weight excluding hydrogens is 300 g/mol. The molecule has 11 heteroatoms. The number of anilines is 2. The molecule has 0 aliphatic carbocycles. The zero-order valence-corrected chi connectivity index (χ0v) is 11.1. The molecular formula is C8H10N2O7S2. The van der Waals surface area contributed by atoms with Gasteiger partial charge in [0, 0.05) is 6.92 Å². The molecule has 0 saturated carbocycles. The minimum Gasteiger partial charge on any atom is -0.398 e. The molecule has 1 amide bonds. The van der Waals surface area contributed by atoms with Gasteiger partial charge < -0.3 is 11.1 Å². The van der Waals surface area contributed by atoms with E-state index in [2.05, 4.69) is 0 Å². The second-order valence-corrected chi connectivity index (χ2v) is 6.30. The Morgan fingerprint density at radius 2 is 1.58 bits per heavy atom. The van der Waals surface area contributed by atoms with Gasteiger partial charge in [0.05, 0.1) is 11.4 Å². The van der Waals surface area contributed by atoms with Crippen molar-refractivity contribution in [1.29, 1.82) is 0 Å². The molecule has 0 heterocycles. The number of carbonyl (C=O) groups excluding carboxylic acids is 1. The van der Waals surface area contributed by atoms with Crippen molar-refractivity contribution in [3.05, 3.63) is 12.1 Å². The van der Waals surface area contributed by atoms with Gasteiger partial charge in [0.1, 0.15) is 9.79 Å². The van der Waals surface area contributed by atoms with Crippen molar-refractivity contribution in [2.45, 2.75) is 16.7 Å². The summed E-state index contributed by atoms with van der Waals surface area (Å²) in [6.45, 7) is 1.04. The van der Waals surface area contributed by atoms with Crippen LogP contribution in [0.3, 0.4) is 0 Å². The molecule has 1 rings (SSSR count). The summed E-state index contributed by atoms with van der Waals surface area (Å²) in [5, 5.41) is 2.01. The molecule has 0 saturated heterocycles. The quantitative estimate of drug-likeness (QED) is 0.437. The topological polar surface area (TPSA) is 164 Å². The van der Waals surface area contributed by atoms with Gasteiger partial charge in [-0.25, -0.2) is 0 Å². The minimum absolute atomic E-state index is 0.517. The molecule has 1 aromatic carbocycles. The molecule has 0 aliphatic heterocycles. The van der Waals surface area contributed by atoms with Gasteiger partial charge in [-0.1, -0.05) is 0 Å². The summed E-state index contributed by atoms with van der Waals surface area (Å²) in [5.41, 5.74) is 4.17. The summed E-state index contributed by atoms with van der Waals surface area (Å²) in [7, 11) is -9.44. The molecule has 1 aromatic rings. The van der Waals surface area contributed by atoms with E-state index in [0.29, 0.717) is 12.1 Å². The van der Waals surface area contributed by atoms with Crippen molar-refractivity contribution in [3.63, 3.8) is 0 Å². The van der Waals surface area contributed by atoms with Gasteiger partial charge in [0.25, 0.3) is 20.2 Å². The average molecular weight is 310 g/mol. The summed E-state index contributed by atoms with van der Waals surface area (Å²) in [5.74, 6) is -0.712. The Kier molecular flexibility index (Phi) is 3.86. The third kappa shape index (κ3) is 3.64. The molecule has 0 aliphatic rings. The van der Waals surface area contributed by atoms with Crippen molar-refractivity contribution in [3.8, 4) is 0 Å². The normalized spacial score (nSPS) is 12.2. The third-order valence-electron chi connectivity index (χ3n) is 1.98. The number of benzene rings is 1. The molecule has 9 nitrogen and oxygen atoms in total. The minimum atomic E-state index is -4.74. The van der Waals surface area contributed by atoms with Gasteiger partial charge in [-0.2, -0.15) is 16.8 Å². The Balaban J connectivity index is 3.69. The lowest BCUT2D eigenvalue weighted by molar-refractivity contribution is -0.114. The molecule has 0 bridgehead atoms. The van der Waals surface area contributed by atoms with Crippen LogP contribution >= 0.6 is 0 Å². The van der Waals surface area contributed by atoms with Crippen LogP contribution < -0.4 is 11.1 Å². The molecule has 0 spiro atoms. The maximum atomic E-state index is 11.1. The Morgan fingerprint density at radius 3 is 1.95 bits per heavy atom. The molecule has 19 heavy (non-hydrogen) atoms. The number of rotatable bonds is 3. The highest BCUT2D eigenvalue weighted by Gasteiger charge is 2.23. The zero-order valence-electron chi connectivity index (χ0n) is 9.48. The fourth-order valence-electron chi connectivity index (χ4n) is 1.30. The van der Waals surface area contributed by atoms with Crippen molar-refractivity contribution in [1.82, 2.24) is 0 Å². The van der Waals surface area contributed by atoms with Gasteiger partial charge in [-0.15, -0.1) is 0 Å². The second kappa shape index (κ2) is 4.77. The second-order valence-electron chi connectivity index (χ2n) is 3.52. The standard InChI is InChI=1S/C8H10N2O7S2/c1-4(11)10-6-3-7(18(12,13)14)5(9)2-8(6)19(15,16)17/h2-3H,9H2,1H3,(H,10,11)(H,12,13,14)(H,15,16,17). The van der Waals surface area contributed by atoms with Crippen LogP contribution in [-0.2, 0) is 25.0 Å². The monoisotopic (exact) mass is 310 g/mol. The lowest BCUT2D eigenvalue weighted by atomic mass is 10.3. The molecule has 0 radical (unpaired) electrons. The summed E-state index contributed by atoms with van der Waals surface area (Å²) < 4.78 is 62.0. The van der Waals surface area contributed by atoms with E-state index >= 15 is 0 Å². The van der Waals surface area contributed by atoms with Crippen LogP contribution in [0.15, 0.2) is 21.9 Å². The lowest BCUT2D eigenvalue weighted by Gasteiger charge is -2.11. The number of carbonyl (C=O) groups is 1. The van der Waals surface area contributed by atoms with Crippen LogP contribution in [0.5, 0.6) is 0 Å². The van der Waals surface area contributed by atoms with Gasteiger partial charge in [-0.3, -0.25) is 13.9 Å². The molecule has 0 aromatic heterocycles. The number of nitrogen functional groups attached to an aromatic ring is 1. The highest BCUT2D eigenvalue weighted by molar-refractivity contribution is 7.86. The van der Waals surface area contributed by atoms with Gasteiger partial charge in [0.2, 0.25) is 5.91 Å². The predicted octanol–water partition coefficient (Wildman–Crippen LogP) is -0.279. The Hall–Kier alpha value is -1.69. The smallest absolute Gasteiger partial charge is 0.296 e. The third-order valence-corrected chi connectivity index (χ3v) is 3.78. The lowest BCUT2D eigenvalue weighted by Crippen LogP contribution is -2.13. The molecule has 0 unspecified atom stereocenters. The van der Waals surface area contributed by atoms with E-state index in [0.717, 1.165) is 6.92 Å². The van der Waals surface area contributed by atoms with Crippen LogP contribution in [0.2, 0.25) is 0 Å². The number of nitrogens with one attached hydrogen (secondary N) is 1. The Bertz CT molecular complexity index is 737. The highest BCUT2D eigenvalue weighted by Crippen LogP contribution is 2.30. The highest BCUT2D eigenvalue weighted by atomic mass is 32.2. The van der Waals surface area contributed by atoms with E-state index in [1.54, 1.807) is 0 Å². The first-order valence-corrected chi connectivity index (χ1v) is 7.47. The van der Waals surface area contributed by atoms with Crippen LogP contribution in [0, 0.1) is 0 Å². The first kappa shape index (κ1) is 15.4. The maximum absolute atomic E-state index is 11.1.